The molecule has 0 aromatic carbocycles. The van der Waals surface area contributed by atoms with Crippen molar-refractivity contribution in [2.45, 2.75) is 52.4 Å². The lowest BCUT2D eigenvalue weighted by molar-refractivity contribution is 0.563. The Balaban J connectivity index is 2.64. The Labute approximate surface area is 91.8 Å². The Morgan fingerprint density at radius 3 is 1.47 bits per heavy atom. The summed E-state index contributed by atoms with van der Waals surface area (Å²) in [6.07, 6.45) is 0. The monoisotopic (exact) mass is 204 g/mol. The summed E-state index contributed by atoms with van der Waals surface area (Å²) in [5.74, 6) is 0. The zero-order valence-electron chi connectivity index (χ0n) is 10.6. The maximum Gasteiger partial charge on any atom is 0.135 e. The summed E-state index contributed by atoms with van der Waals surface area (Å²) in [6, 6.07) is 4.34. The van der Waals surface area contributed by atoms with Crippen LogP contribution in [0.5, 0.6) is 0 Å². The van der Waals surface area contributed by atoms with E-state index in [0.717, 1.165) is 11.2 Å². The first-order chi connectivity index (χ1) is 6.69. The lowest BCUT2D eigenvalue weighted by atomic mass is 9.81. The van der Waals surface area contributed by atoms with Crippen LogP contribution in [0.1, 0.15) is 52.7 Å². The van der Waals surface area contributed by atoms with E-state index in [0.29, 0.717) is 0 Å². The van der Waals surface area contributed by atoms with Gasteiger partial charge in [0.05, 0.1) is 0 Å². The van der Waals surface area contributed by atoms with Gasteiger partial charge in [0.2, 0.25) is 0 Å². The molecule has 0 saturated carbocycles. The fourth-order valence-electron chi connectivity index (χ4n) is 2.00. The minimum Gasteiger partial charge on any atom is -0.457 e. The van der Waals surface area contributed by atoms with Crippen molar-refractivity contribution in [2.24, 2.45) is 0 Å². The van der Waals surface area contributed by atoms with E-state index in [-0.39, 0.29) is 10.8 Å². The average molecular weight is 204 g/mol. The molecule has 0 aliphatic rings. The molecular weight excluding hydrogens is 184 g/mol. The van der Waals surface area contributed by atoms with Gasteiger partial charge < -0.3 is 4.42 Å². The van der Waals surface area contributed by atoms with Crippen molar-refractivity contribution < 1.29 is 4.42 Å². The highest BCUT2D eigenvalue weighted by atomic mass is 16.3. The molecule has 0 aliphatic heterocycles. The third kappa shape index (κ3) is 1.64. The molecule has 2 aromatic heterocycles. The molecule has 1 nitrogen and oxygen atoms in total. The van der Waals surface area contributed by atoms with Crippen LogP contribution in [0.25, 0.3) is 11.2 Å². The van der Waals surface area contributed by atoms with Crippen molar-refractivity contribution in [1.29, 1.82) is 0 Å². The smallest absolute Gasteiger partial charge is 0.135 e. The number of fused-ring (bicyclic) bond motifs is 2. The lowest BCUT2D eigenvalue weighted by Crippen LogP contribution is -2.15. The van der Waals surface area contributed by atoms with Crippen LogP contribution >= 0.6 is 0 Å². The van der Waals surface area contributed by atoms with Gasteiger partial charge in [-0.25, -0.2) is 0 Å². The molecule has 2 aromatic rings. The number of rotatable bonds is 0. The molecule has 0 amide bonds. The fourth-order valence-corrected chi connectivity index (χ4v) is 2.00. The summed E-state index contributed by atoms with van der Waals surface area (Å²) in [7, 11) is 0. The van der Waals surface area contributed by atoms with Crippen molar-refractivity contribution in [3.05, 3.63) is 23.3 Å². The Kier molecular flexibility index (Phi) is 1.95. The van der Waals surface area contributed by atoms with Crippen LogP contribution in [-0.2, 0) is 10.8 Å². The quantitative estimate of drug-likeness (QED) is 0.617. The van der Waals surface area contributed by atoms with Crippen LogP contribution < -0.4 is 0 Å². The Hall–Kier alpha value is -0.980. The zero-order chi connectivity index (χ0) is 11.4. The lowest BCUT2D eigenvalue weighted by Gasteiger charge is -2.22. The van der Waals surface area contributed by atoms with Crippen LogP contribution in [0.15, 0.2) is 16.5 Å². The highest BCUT2D eigenvalue weighted by Crippen LogP contribution is 2.40. The van der Waals surface area contributed by atoms with Gasteiger partial charge in [-0.3, -0.25) is 0 Å². The molecular formula is C14H20O. The van der Waals surface area contributed by atoms with Gasteiger partial charge in [0.15, 0.2) is 0 Å². The maximum absolute atomic E-state index is 5.80. The Bertz CT molecular complexity index is 424. The van der Waals surface area contributed by atoms with Crippen LogP contribution in [0.4, 0.5) is 0 Å². The van der Waals surface area contributed by atoms with Crippen molar-refractivity contribution in [2.75, 3.05) is 0 Å². The number of hydrogen-bond donors (Lipinski definition) is 0. The number of hydrogen-bond acceptors (Lipinski definition) is 1. The van der Waals surface area contributed by atoms with Gasteiger partial charge in [-0.2, -0.15) is 0 Å². The van der Waals surface area contributed by atoms with Crippen molar-refractivity contribution in [3.63, 3.8) is 0 Å². The second-order valence-electron chi connectivity index (χ2n) is 6.45. The molecule has 2 bridgehead atoms. The normalized spacial score (nSPS) is 14.0. The third-order valence-electron chi connectivity index (χ3n) is 2.90. The van der Waals surface area contributed by atoms with Crippen molar-refractivity contribution >= 4 is 11.2 Å². The second kappa shape index (κ2) is 2.78. The topological polar surface area (TPSA) is 13.1 Å². The van der Waals surface area contributed by atoms with Crippen LogP contribution in [0.2, 0.25) is 0 Å². The molecule has 0 fully saturated rings. The van der Waals surface area contributed by atoms with E-state index in [1.54, 1.807) is 0 Å². The van der Waals surface area contributed by atoms with E-state index >= 15 is 0 Å². The zero-order valence-corrected chi connectivity index (χ0v) is 10.6. The van der Waals surface area contributed by atoms with Crippen LogP contribution in [0.3, 0.4) is 0 Å². The SMILES string of the molecule is CC(C)(C)c1cc2cc(C(C)(C)C)c1o2. The Morgan fingerprint density at radius 1 is 0.800 bits per heavy atom. The van der Waals surface area contributed by atoms with Gasteiger partial charge in [-0.1, -0.05) is 41.5 Å². The largest absolute Gasteiger partial charge is 0.457 e. The summed E-state index contributed by atoms with van der Waals surface area (Å²) in [4.78, 5) is 0. The summed E-state index contributed by atoms with van der Waals surface area (Å²) < 4.78 is 5.80. The molecule has 0 saturated heterocycles. The summed E-state index contributed by atoms with van der Waals surface area (Å²) in [6.45, 7) is 13.4. The Morgan fingerprint density at radius 2 is 1.20 bits per heavy atom. The highest BCUT2D eigenvalue weighted by molar-refractivity contribution is 5.74. The van der Waals surface area contributed by atoms with Crippen molar-refractivity contribution in [1.82, 2.24) is 0 Å². The first kappa shape index (κ1) is 10.5. The standard InChI is InChI=1S/C14H20O/c1-13(2,3)10-7-9-8-11(12(10)15-9)14(4,5)6/h7-8H,1-6H3. The third-order valence-corrected chi connectivity index (χ3v) is 2.90. The highest BCUT2D eigenvalue weighted by Gasteiger charge is 2.28. The fraction of sp³-hybridized carbons (Fsp3) is 0.571. The van der Waals surface area contributed by atoms with Gasteiger partial charge in [0, 0.05) is 11.1 Å². The number of benzene rings is 1. The van der Waals surface area contributed by atoms with E-state index in [9.17, 15) is 0 Å². The van der Waals surface area contributed by atoms with E-state index in [4.69, 9.17) is 4.42 Å². The first-order valence-corrected chi connectivity index (χ1v) is 5.56. The molecule has 0 aliphatic carbocycles. The maximum atomic E-state index is 5.80. The predicted octanol–water partition coefficient (Wildman–Crippen LogP) is 4.47. The van der Waals surface area contributed by atoms with Gasteiger partial charge in [0.1, 0.15) is 11.2 Å². The summed E-state index contributed by atoms with van der Waals surface area (Å²) in [5.41, 5.74) is 5.13. The molecule has 2 heterocycles. The molecule has 0 unspecified atom stereocenters. The minimum atomic E-state index is 0.168. The van der Waals surface area contributed by atoms with Gasteiger partial charge in [-0.05, 0) is 23.0 Å². The predicted molar refractivity (Wildman–Crippen MR) is 64.8 cm³/mol. The second-order valence-corrected chi connectivity index (χ2v) is 6.45. The first-order valence-electron chi connectivity index (χ1n) is 5.56. The molecule has 0 atom stereocenters. The number of furan rings is 2. The van der Waals surface area contributed by atoms with E-state index in [2.05, 4.69) is 53.7 Å². The summed E-state index contributed by atoms with van der Waals surface area (Å²) in [5, 5.41) is 0. The van der Waals surface area contributed by atoms with Crippen LogP contribution in [0, 0.1) is 0 Å². The van der Waals surface area contributed by atoms with Gasteiger partial charge in [0.25, 0.3) is 0 Å². The molecule has 0 radical (unpaired) electrons. The minimum absolute atomic E-state index is 0.168. The van der Waals surface area contributed by atoms with Gasteiger partial charge in [-0.15, -0.1) is 0 Å². The molecule has 82 valence electrons. The van der Waals surface area contributed by atoms with E-state index < -0.39 is 0 Å². The molecule has 0 N–H and O–H groups in total. The summed E-state index contributed by atoms with van der Waals surface area (Å²) >= 11 is 0. The van der Waals surface area contributed by atoms with E-state index in [1.165, 1.54) is 11.1 Å². The average Bonchev–Trinajstić information content (AvgIpc) is 2.57. The molecule has 1 heteroatoms. The van der Waals surface area contributed by atoms with Crippen molar-refractivity contribution in [3.8, 4) is 0 Å². The van der Waals surface area contributed by atoms with Gasteiger partial charge >= 0.3 is 0 Å². The molecule has 15 heavy (non-hydrogen) atoms. The van der Waals surface area contributed by atoms with E-state index in [1.807, 2.05) is 0 Å². The van der Waals surface area contributed by atoms with Crippen LogP contribution in [-0.4, -0.2) is 0 Å². The molecule has 2 rings (SSSR count). The molecule has 0 spiro atoms.